The van der Waals surface area contributed by atoms with Gasteiger partial charge in [-0.05, 0) is 32.9 Å². The average molecular weight is 270 g/mol. The molecule has 1 saturated carbocycles. The molecule has 0 bridgehead atoms. The molecule has 1 rings (SSSR count). The number of unbranched alkanes of at least 4 members (excludes halogenated alkanes) is 1. The third-order valence-corrected chi connectivity index (χ3v) is 4.16. The second-order valence-corrected chi connectivity index (χ2v) is 6.10. The van der Waals surface area contributed by atoms with Crippen LogP contribution in [-0.4, -0.2) is 38.3 Å². The Bertz CT molecular complexity index is 279. The molecule has 4 nitrogen and oxygen atoms in total. The number of nitrogens with one attached hydrogen (secondary N) is 2. The van der Waals surface area contributed by atoms with Gasteiger partial charge in [-0.3, -0.25) is 4.79 Å². The molecule has 1 aliphatic carbocycles. The van der Waals surface area contributed by atoms with Gasteiger partial charge in [0, 0.05) is 24.5 Å². The van der Waals surface area contributed by atoms with Gasteiger partial charge < -0.3 is 15.4 Å². The molecular weight excluding hydrogens is 240 g/mol. The van der Waals surface area contributed by atoms with E-state index in [-0.39, 0.29) is 17.4 Å². The van der Waals surface area contributed by atoms with Crippen molar-refractivity contribution in [3.63, 3.8) is 0 Å². The SMILES string of the molecule is CCCCOC1CC(NC(=O)CCCNC)C1(C)C. The van der Waals surface area contributed by atoms with E-state index in [0.717, 1.165) is 32.4 Å². The van der Waals surface area contributed by atoms with Gasteiger partial charge in [0.05, 0.1) is 6.10 Å². The first kappa shape index (κ1) is 16.4. The highest BCUT2D eigenvalue weighted by molar-refractivity contribution is 5.76. The number of hydrogen-bond donors (Lipinski definition) is 2. The normalized spacial score (nSPS) is 24.8. The Labute approximate surface area is 117 Å². The maximum absolute atomic E-state index is 11.8. The van der Waals surface area contributed by atoms with E-state index in [4.69, 9.17) is 4.74 Å². The number of ether oxygens (including phenoxy) is 1. The lowest BCUT2D eigenvalue weighted by Crippen LogP contribution is -2.62. The van der Waals surface area contributed by atoms with Crippen LogP contribution < -0.4 is 10.6 Å². The Morgan fingerprint density at radius 3 is 2.68 bits per heavy atom. The summed E-state index contributed by atoms with van der Waals surface area (Å²) >= 11 is 0. The fourth-order valence-corrected chi connectivity index (χ4v) is 2.48. The van der Waals surface area contributed by atoms with Crippen LogP contribution >= 0.6 is 0 Å². The Morgan fingerprint density at radius 1 is 1.37 bits per heavy atom. The van der Waals surface area contributed by atoms with E-state index in [1.54, 1.807) is 0 Å². The van der Waals surface area contributed by atoms with E-state index in [0.29, 0.717) is 12.5 Å². The summed E-state index contributed by atoms with van der Waals surface area (Å²) in [5.41, 5.74) is 0.0619. The minimum Gasteiger partial charge on any atom is -0.378 e. The van der Waals surface area contributed by atoms with Crippen molar-refractivity contribution >= 4 is 5.91 Å². The average Bonchev–Trinajstić information content (AvgIpc) is 2.37. The minimum absolute atomic E-state index is 0.0619. The van der Waals surface area contributed by atoms with Gasteiger partial charge in [-0.15, -0.1) is 0 Å². The largest absolute Gasteiger partial charge is 0.378 e. The van der Waals surface area contributed by atoms with Gasteiger partial charge in [0.2, 0.25) is 5.91 Å². The molecule has 19 heavy (non-hydrogen) atoms. The van der Waals surface area contributed by atoms with Crippen molar-refractivity contribution in [2.24, 2.45) is 5.41 Å². The van der Waals surface area contributed by atoms with Crippen LogP contribution in [0.25, 0.3) is 0 Å². The van der Waals surface area contributed by atoms with E-state index < -0.39 is 0 Å². The second-order valence-electron chi connectivity index (χ2n) is 6.10. The zero-order valence-electron chi connectivity index (χ0n) is 12.9. The Morgan fingerprint density at radius 2 is 2.11 bits per heavy atom. The predicted molar refractivity (Wildman–Crippen MR) is 78.1 cm³/mol. The zero-order valence-corrected chi connectivity index (χ0v) is 12.9. The van der Waals surface area contributed by atoms with E-state index in [9.17, 15) is 4.79 Å². The van der Waals surface area contributed by atoms with Gasteiger partial charge in [-0.2, -0.15) is 0 Å². The smallest absolute Gasteiger partial charge is 0.220 e. The van der Waals surface area contributed by atoms with Gasteiger partial charge in [0.25, 0.3) is 0 Å². The Balaban J connectivity index is 2.24. The summed E-state index contributed by atoms with van der Waals surface area (Å²) in [6.45, 7) is 8.28. The molecular formula is C15H30N2O2. The second kappa shape index (κ2) is 7.85. The molecule has 4 heteroatoms. The summed E-state index contributed by atoms with van der Waals surface area (Å²) in [6, 6.07) is 0.265. The molecule has 1 fully saturated rings. The molecule has 0 aliphatic heterocycles. The van der Waals surface area contributed by atoms with E-state index in [2.05, 4.69) is 31.4 Å². The molecule has 112 valence electrons. The summed E-state index contributed by atoms with van der Waals surface area (Å²) in [5.74, 6) is 0.167. The highest BCUT2D eigenvalue weighted by atomic mass is 16.5. The van der Waals surface area contributed by atoms with Crippen molar-refractivity contribution in [2.75, 3.05) is 20.2 Å². The first-order valence-electron chi connectivity index (χ1n) is 7.58. The Kier molecular flexibility index (Phi) is 6.80. The van der Waals surface area contributed by atoms with Crippen LogP contribution in [0.4, 0.5) is 0 Å². The minimum atomic E-state index is 0.0619. The molecule has 0 aromatic heterocycles. The lowest BCUT2D eigenvalue weighted by molar-refractivity contribution is -0.138. The first-order chi connectivity index (χ1) is 9.02. The van der Waals surface area contributed by atoms with Crippen molar-refractivity contribution in [1.82, 2.24) is 10.6 Å². The molecule has 1 amide bonds. The quantitative estimate of drug-likeness (QED) is 0.631. The lowest BCUT2D eigenvalue weighted by Gasteiger charge is -2.51. The van der Waals surface area contributed by atoms with E-state index in [1.807, 2.05) is 7.05 Å². The van der Waals surface area contributed by atoms with Crippen molar-refractivity contribution < 1.29 is 9.53 Å². The van der Waals surface area contributed by atoms with Gasteiger partial charge in [0.1, 0.15) is 0 Å². The highest BCUT2D eigenvalue weighted by Crippen LogP contribution is 2.42. The summed E-state index contributed by atoms with van der Waals surface area (Å²) in [4.78, 5) is 11.8. The van der Waals surface area contributed by atoms with E-state index in [1.165, 1.54) is 6.42 Å². The van der Waals surface area contributed by atoms with Gasteiger partial charge in [-0.25, -0.2) is 0 Å². The fraction of sp³-hybridized carbons (Fsp3) is 0.933. The number of hydrogen-bond acceptors (Lipinski definition) is 3. The molecule has 0 aromatic carbocycles. The van der Waals surface area contributed by atoms with Gasteiger partial charge in [-0.1, -0.05) is 27.2 Å². The number of carbonyl (C=O) groups excluding carboxylic acids is 1. The van der Waals surface area contributed by atoms with Crippen molar-refractivity contribution in [3.05, 3.63) is 0 Å². The van der Waals surface area contributed by atoms with Crippen LogP contribution in [0.2, 0.25) is 0 Å². The first-order valence-corrected chi connectivity index (χ1v) is 7.58. The maximum atomic E-state index is 11.8. The highest BCUT2D eigenvalue weighted by Gasteiger charge is 2.49. The molecule has 2 N–H and O–H groups in total. The Hall–Kier alpha value is -0.610. The predicted octanol–water partition coefficient (Wildman–Crippen LogP) is 2.09. The summed E-state index contributed by atoms with van der Waals surface area (Å²) < 4.78 is 5.88. The molecule has 2 unspecified atom stereocenters. The van der Waals surface area contributed by atoms with Gasteiger partial charge in [0.15, 0.2) is 0 Å². The maximum Gasteiger partial charge on any atom is 0.220 e. The van der Waals surface area contributed by atoms with Crippen LogP contribution in [0.15, 0.2) is 0 Å². The fourth-order valence-electron chi connectivity index (χ4n) is 2.48. The summed E-state index contributed by atoms with van der Waals surface area (Å²) in [7, 11) is 1.91. The van der Waals surface area contributed by atoms with Crippen LogP contribution in [0.3, 0.4) is 0 Å². The van der Waals surface area contributed by atoms with Crippen LogP contribution in [-0.2, 0) is 9.53 Å². The topological polar surface area (TPSA) is 50.4 Å². The standard InChI is InChI=1S/C15H30N2O2/c1-5-6-10-19-13-11-12(15(13,2)3)17-14(18)8-7-9-16-4/h12-13,16H,5-11H2,1-4H3,(H,17,18). The molecule has 1 aliphatic rings. The van der Waals surface area contributed by atoms with Crippen molar-refractivity contribution in [3.8, 4) is 0 Å². The van der Waals surface area contributed by atoms with Gasteiger partial charge >= 0.3 is 0 Å². The molecule has 0 heterocycles. The molecule has 0 radical (unpaired) electrons. The molecule has 0 saturated heterocycles. The zero-order chi connectivity index (χ0) is 14.3. The lowest BCUT2D eigenvalue weighted by atomic mass is 9.64. The van der Waals surface area contributed by atoms with Crippen LogP contribution in [0, 0.1) is 5.41 Å². The number of carbonyl (C=O) groups is 1. The number of rotatable bonds is 9. The van der Waals surface area contributed by atoms with Crippen LogP contribution in [0.1, 0.15) is 52.9 Å². The third-order valence-electron chi connectivity index (χ3n) is 4.16. The third kappa shape index (κ3) is 4.77. The van der Waals surface area contributed by atoms with Crippen LogP contribution in [0.5, 0.6) is 0 Å². The molecule has 2 atom stereocenters. The van der Waals surface area contributed by atoms with E-state index >= 15 is 0 Å². The number of amides is 1. The summed E-state index contributed by atoms with van der Waals surface area (Å²) in [6.07, 6.45) is 5.03. The molecule has 0 aromatic rings. The van der Waals surface area contributed by atoms with Crippen molar-refractivity contribution in [2.45, 2.75) is 65.0 Å². The molecule has 0 spiro atoms. The van der Waals surface area contributed by atoms with Crippen molar-refractivity contribution in [1.29, 1.82) is 0 Å². The summed E-state index contributed by atoms with van der Waals surface area (Å²) in [5, 5.41) is 6.20. The monoisotopic (exact) mass is 270 g/mol.